The van der Waals surface area contributed by atoms with Gasteiger partial charge in [0.15, 0.2) is 0 Å². The molecule has 5 heteroatoms. The van der Waals surface area contributed by atoms with Crippen molar-refractivity contribution in [1.29, 1.82) is 0 Å². The topological polar surface area (TPSA) is 40.6 Å². The number of pyridine rings is 1. The molecule has 1 aromatic heterocycles. The molecule has 0 bridgehead atoms. The predicted octanol–water partition coefficient (Wildman–Crippen LogP) is 5.83. The van der Waals surface area contributed by atoms with E-state index in [0.717, 1.165) is 21.7 Å². The molecule has 0 spiro atoms. The van der Waals surface area contributed by atoms with Gasteiger partial charge < -0.3 is 14.2 Å². The highest BCUT2D eigenvalue weighted by Crippen LogP contribution is 2.46. The molecule has 30 heavy (non-hydrogen) atoms. The Kier molecular flexibility index (Phi) is 4.40. The lowest BCUT2D eigenvalue weighted by molar-refractivity contribution is -0.134. The molecule has 1 atom stereocenters. The first-order valence-corrected chi connectivity index (χ1v) is 9.83. The highest BCUT2D eigenvalue weighted by atomic mass is 19.1. The fourth-order valence-corrected chi connectivity index (χ4v) is 3.95. The molecule has 0 saturated heterocycles. The van der Waals surface area contributed by atoms with E-state index in [1.54, 1.807) is 24.3 Å². The number of halogens is 1. The van der Waals surface area contributed by atoms with Crippen molar-refractivity contribution in [2.75, 3.05) is 13.7 Å². The summed E-state index contributed by atoms with van der Waals surface area (Å²) in [5, 5.41) is 2.87. The molecule has 1 aliphatic rings. The second kappa shape index (κ2) is 7.11. The fraction of sp³-hybridized carbons (Fsp3) is 0.160. The molecule has 0 aliphatic carbocycles. The summed E-state index contributed by atoms with van der Waals surface area (Å²) in [4.78, 5) is 4.80. The quantitative estimate of drug-likeness (QED) is 0.403. The minimum atomic E-state index is -1.39. The van der Waals surface area contributed by atoms with E-state index in [-0.39, 0.29) is 0 Å². The Morgan fingerprint density at radius 1 is 1.00 bits per heavy atom. The van der Waals surface area contributed by atoms with Crippen LogP contribution in [0, 0.1) is 5.82 Å². The average molecular weight is 401 g/mol. The monoisotopic (exact) mass is 401 g/mol. The van der Waals surface area contributed by atoms with Crippen LogP contribution >= 0.6 is 0 Å². The van der Waals surface area contributed by atoms with E-state index >= 15 is 0 Å². The largest absolute Gasteiger partial charge is 0.477 e. The van der Waals surface area contributed by atoms with Crippen LogP contribution in [0.25, 0.3) is 27.8 Å². The Bertz CT molecular complexity index is 1300. The van der Waals surface area contributed by atoms with Gasteiger partial charge in [-0.1, -0.05) is 42.5 Å². The lowest BCUT2D eigenvalue weighted by atomic mass is 9.98. The van der Waals surface area contributed by atoms with Crippen LogP contribution in [0.1, 0.15) is 18.1 Å². The normalized spacial score (nSPS) is 17.7. The lowest BCUT2D eigenvalue weighted by Crippen LogP contribution is -2.36. The Morgan fingerprint density at radius 2 is 1.80 bits per heavy atom. The first-order chi connectivity index (χ1) is 14.7. The summed E-state index contributed by atoms with van der Waals surface area (Å²) in [7, 11) is 1.50. The van der Waals surface area contributed by atoms with Crippen molar-refractivity contribution in [2.24, 2.45) is 0 Å². The molecule has 0 fully saturated rings. The number of methoxy groups -OCH3 is 1. The highest BCUT2D eigenvalue weighted by Gasteiger charge is 2.39. The summed E-state index contributed by atoms with van der Waals surface area (Å²) >= 11 is 0. The van der Waals surface area contributed by atoms with Crippen LogP contribution in [0.5, 0.6) is 11.6 Å². The number of benzene rings is 3. The van der Waals surface area contributed by atoms with Crippen molar-refractivity contribution < 1.29 is 18.6 Å². The Labute approximate surface area is 173 Å². The Morgan fingerprint density at radius 3 is 2.60 bits per heavy atom. The number of fused-ring (bicyclic) bond motifs is 5. The van der Waals surface area contributed by atoms with Crippen LogP contribution in [0.2, 0.25) is 0 Å². The molecular formula is C25H20FNO3. The maximum absolute atomic E-state index is 14.7. The molecule has 5 rings (SSSR count). The predicted molar refractivity (Wildman–Crippen MR) is 115 cm³/mol. The van der Waals surface area contributed by atoms with Gasteiger partial charge in [-0.25, -0.2) is 9.37 Å². The zero-order valence-electron chi connectivity index (χ0n) is 16.7. The van der Waals surface area contributed by atoms with Gasteiger partial charge in [-0.3, -0.25) is 0 Å². The number of hydrogen-bond acceptors (Lipinski definition) is 4. The minimum absolute atomic E-state index is 0.304. The van der Waals surface area contributed by atoms with Gasteiger partial charge in [-0.05, 0) is 42.7 Å². The molecule has 0 radical (unpaired) electrons. The average Bonchev–Trinajstić information content (AvgIpc) is 2.79. The zero-order valence-corrected chi connectivity index (χ0v) is 16.7. The fourth-order valence-electron chi connectivity index (χ4n) is 3.95. The van der Waals surface area contributed by atoms with Crippen LogP contribution in [0.4, 0.5) is 4.39 Å². The third-order valence-corrected chi connectivity index (χ3v) is 5.39. The van der Waals surface area contributed by atoms with Gasteiger partial charge in [0.2, 0.25) is 5.88 Å². The van der Waals surface area contributed by atoms with Crippen molar-refractivity contribution in [1.82, 2.24) is 4.98 Å². The van der Waals surface area contributed by atoms with Crippen LogP contribution in [-0.4, -0.2) is 18.7 Å². The summed E-state index contributed by atoms with van der Waals surface area (Å²) < 4.78 is 32.7. The third kappa shape index (κ3) is 2.74. The highest BCUT2D eigenvalue weighted by molar-refractivity contribution is 6.08. The van der Waals surface area contributed by atoms with Gasteiger partial charge in [0.05, 0.1) is 23.3 Å². The van der Waals surface area contributed by atoms with Crippen molar-refractivity contribution in [2.45, 2.75) is 12.7 Å². The van der Waals surface area contributed by atoms with E-state index in [1.807, 2.05) is 49.4 Å². The first kappa shape index (κ1) is 18.6. The molecule has 3 aromatic carbocycles. The van der Waals surface area contributed by atoms with Gasteiger partial charge in [0.1, 0.15) is 11.6 Å². The molecular weight excluding hydrogens is 381 g/mol. The smallest absolute Gasteiger partial charge is 0.260 e. The van der Waals surface area contributed by atoms with E-state index in [2.05, 4.69) is 0 Å². The lowest BCUT2D eigenvalue weighted by Gasteiger charge is -2.34. The van der Waals surface area contributed by atoms with Gasteiger partial charge in [-0.2, -0.15) is 0 Å². The van der Waals surface area contributed by atoms with Crippen molar-refractivity contribution >= 4 is 27.8 Å². The standard InChI is InChI=1S/C25H20FNO3/c1-3-29-24-19-14-15-25(28-2,20-10-6-7-11-21(20)26)30-23(19)18-13-12-16-8-4-5-9-17(16)22(18)27-24/h4-15H,3H2,1-2H3. The van der Waals surface area contributed by atoms with Crippen molar-refractivity contribution in [3.8, 4) is 11.6 Å². The van der Waals surface area contributed by atoms with Crippen molar-refractivity contribution in [3.05, 3.63) is 83.7 Å². The van der Waals surface area contributed by atoms with Crippen LogP contribution in [0.3, 0.4) is 0 Å². The number of aromatic nitrogens is 1. The molecule has 1 unspecified atom stereocenters. The maximum Gasteiger partial charge on any atom is 0.260 e. The van der Waals surface area contributed by atoms with Gasteiger partial charge in [-0.15, -0.1) is 0 Å². The molecule has 2 heterocycles. The number of hydrogen-bond donors (Lipinski definition) is 0. The van der Waals surface area contributed by atoms with Crippen LogP contribution in [-0.2, 0) is 10.5 Å². The number of nitrogens with zero attached hydrogens (tertiary/aromatic N) is 1. The van der Waals surface area contributed by atoms with E-state index < -0.39 is 11.6 Å². The molecule has 150 valence electrons. The molecule has 0 saturated carbocycles. The molecule has 1 aliphatic heterocycles. The summed E-state index contributed by atoms with van der Waals surface area (Å²) in [6, 6.07) is 18.5. The van der Waals surface area contributed by atoms with Crippen molar-refractivity contribution in [3.63, 3.8) is 0 Å². The third-order valence-electron chi connectivity index (χ3n) is 5.39. The molecule has 0 N–H and O–H groups in total. The molecule has 4 nitrogen and oxygen atoms in total. The summed E-state index contributed by atoms with van der Waals surface area (Å²) in [5.74, 6) is -0.754. The Balaban J connectivity index is 1.81. The van der Waals surface area contributed by atoms with Gasteiger partial charge in [0.25, 0.3) is 5.79 Å². The first-order valence-electron chi connectivity index (χ1n) is 9.83. The molecule has 0 amide bonds. The van der Waals surface area contributed by atoms with Crippen LogP contribution in [0.15, 0.2) is 66.7 Å². The summed E-state index contributed by atoms with van der Waals surface area (Å²) in [6.07, 6.45) is 3.53. The van der Waals surface area contributed by atoms with E-state index in [1.165, 1.54) is 13.2 Å². The van der Waals surface area contributed by atoms with Gasteiger partial charge in [0, 0.05) is 17.9 Å². The minimum Gasteiger partial charge on any atom is -0.477 e. The molecule has 4 aromatic rings. The van der Waals surface area contributed by atoms with Gasteiger partial charge >= 0.3 is 0 Å². The maximum atomic E-state index is 14.7. The number of rotatable bonds is 4. The SMILES string of the molecule is CCOc1nc2c(ccc3ccccc32)c2c1C=CC(OC)(c1ccccc1F)O2. The van der Waals surface area contributed by atoms with E-state index in [4.69, 9.17) is 19.2 Å². The second-order valence-corrected chi connectivity index (χ2v) is 7.06. The second-order valence-electron chi connectivity index (χ2n) is 7.06. The van der Waals surface area contributed by atoms with E-state index in [9.17, 15) is 4.39 Å². The Hall–Kier alpha value is -3.44. The van der Waals surface area contributed by atoms with E-state index in [0.29, 0.717) is 29.4 Å². The zero-order chi connectivity index (χ0) is 20.7. The summed E-state index contributed by atoms with van der Waals surface area (Å²) in [6.45, 7) is 2.37. The van der Waals surface area contributed by atoms with Crippen LogP contribution < -0.4 is 9.47 Å². The summed E-state index contributed by atoms with van der Waals surface area (Å²) in [5.41, 5.74) is 1.78. The number of ether oxygens (including phenoxy) is 3.